The number of rotatable bonds is 3. The molecule has 0 heterocycles. The van der Waals surface area contributed by atoms with Gasteiger partial charge in [0.1, 0.15) is 6.79 Å². The first-order valence-corrected chi connectivity index (χ1v) is 7.19. The van der Waals surface area contributed by atoms with E-state index in [0.29, 0.717) is 16.7 Å². The molecule has 2 aliphatic carbocycles. The van der Waals surface area contributed by atoms with Gasteiger partial charge >= 0.3 is 0 Å². The van der Waals surface area contributed by atoms with E-state index < -0.39 is 0 Å². The smallest absolute Gasteiger partial charge is 0.143 e. The first kappa shape index (κ1) is 13.4. The van der Waals surface area contributed by atoms with Crippen LogP contribution in [-0.2, 0) is 4.74 Å². The molecule has 0 aromatic heterocycles. The van der Waals surface area contributed by atoms with Gasteiger partial charge < -0.3 is 9.84 Å². The van der Waals surface area contributed by atoms with Gasteiger partial charge in [-0.1, -0.05) is 33.6 Å². The Kier molecular flexibility index (Phi) is 3.84. The third kappa shape index (κ3) is 2.39. The van der Waals surface area contributed by atoms with Crippen LogP contribution in [0.2, 0.25) is 0 Å². The zero-order valence-electron chi connectivity index (χ0n) is 11.7. The highest BCUT2D eigenvalue weighted by atomic mass is 16.6. The molecule has 0 bridgehead atoms. The zero-order chi connectivity index (χ0) is 12.5. The van der Waals surface area contributed by atoms with Crippen molar-refractivity contribution in [2.45, 2.75) is 59.3 Å². The molecule has 1 N–H and O–H groups in total. The van der Waals surface area contributed by atoms with Crippen LogP contribution in [-0.4, -0.2) is 18.5 Å². The lowest BCUT2D eigenvalue weighted by atomic mass is 9.48. The van der Waals surface area contributed by atoms with Gasteiger partial charge in [0.2, 0.25) is 0 Å². The molecular weight excluding hydrogens is 212 g/mol. The first-order chi connectivity index (χ1) is 8.00. The lowest BCUT2D eigenvalue weighted by molar-refractivity contribution is -0.113. The Morgan fingerprint density at radius 2 is 1.88 bits per heavy atom. The molecule has 2 rings (SSSR count). The first-order valence-electron chi connectivity index (χ1n) is 7.19. The van der Waals surface area contributed by atoms with Crippen LogP contribution in [0.5, 0.6) is 0 Å². The Morgan fingerprint density at radius 3 is 2.59 bits per heavy atom. The fourth-order valence-corrected chi connectivity index (χ4v) is 4.74. The van der Waals surface area contributed by atoms with E-state index in [9.17, 15) is 0 Å². The number of aliphatic hydroxyl groups excluding tert-OH is 1. The van der Waals surface area contributed by atoms with Gasteiger partial charge in [-0.3, -0.25) is 0 Å². The van der Waals surface area contributed by atoms with Gasteiger partial charge in [0.25, 0.3) is 0 Å². The van der Waals surface area contributed by atoms with Crippen molar-refractivity contribution in [1.82, 2.24) is 0 Å². The second-order valence-corrected chi connectivity index (χ2v) is 7.03. The molecule has 0 amide bonds. The molecule has 100 valence electrons. The van der Waals surface area contributed by atoms with Crippen LogP contribution < -0.4 is 0 Å². The van der Waals surface area contributed by atoms with Crippen LogP contribution in [0.3, 0.4) is 0 Å². The normalized spacial score (nSPS) is 40.9. The molecule has 0 aliphatic heterocycles. The molecule has 0 aromatic rings. The Morgan fingerprint density at radius 1 is 1.12 bits per heavy atom. The van der Waals surface area contributed by atoms with E-state index >= 15 is 0 Å². The van der Waals surface area contributed by atoms with E-state index in [-0.39, 0.29) is 6.79 Å². The molecule has 0 radical (unpaired) electrons. The highest BCUT2D eigenvalue weighted by molar-refractivity contribution is 5.01. The molecule has 2 fully saturated rings. The third-order valence-corrected chi connectivity index (χ3v) is 5.66. The van der Waals surface area contributed by atoms with Crippen molar-refractivity contribution in [1.29, 1.82) is 0 Å². The molecule has 2 aliphatic rings. The lowest BCUT2D eigenvalue weighted by Crippen LogP contribution is -2.49. The van der Waals surface area contributed by atoms with Crippen LogP contribution in [0.25, 0.3) is 0 Å². The second-order valence-electron chi connectivity index (χ2n) is 7.03. The fourth-order valence-electron chi connectivity index (χ4n) is 4.74. The van der Waals surface area contributed by atoms with Crippen LogP contribution in [0.15, 0.2) is 0 Å². The van der Waals surface area contributed by atoms with Gasteiger partial charge in [0.15, 0.2) is 0 Å². The molecule has 0 spiro atoms. The quantitative estimate of drug-likeness (QED) is 0.764. The van der Waals surface area contributed by atoms with Crippen LogP contribution in [0.1, 0.15) is 59.3 Å². The lowest BCUT2D eigenvalue weighted by Gasteiger charge is -2.57. The van der Waals surface area contributed by atoms with Crippen molar-refractivity contribution in [2.24, 2.45) is 22.7 Å². The summed E-state index contributed by atoms with van der Waals surface area (Å²) in [6.07, 6.45) is 8.09. The van der Waals surface area contributed by atoms with E-state index in [4.69, 9.17) is 9.84 Å². The SMILES string of the molecule is CC1(C)CCC[C@]2(C)[C@@H](COCO)CCC[C@@H]12. The Bertz CT molecular complexity index is 262. The monoisotopic (exact) mass is 240 g/mol. The summed E-state index contributed by atoms with van der Waals surface area (Å²) >= 11 is 0. The number of fused-ring (bicyclic) bond motifs is 1. The van der Waals surface area contributed by atoms with Crippen LogP contribution >= 0.6 is 0 Å². The highest BCUT2D eigenvalue weighted by Crippen LogP contribution is 2.59. The fraction of sp³-hybridized carbons (Fsp3) is 1.00. The molecule has 2 saturated carbocycles. The van der Waals surface area contributed by atoms with Gasteiger partial charge in [0.05, 0.1) is 6.61 Å². The minimum absolute atomic E-state index is 0.124. The largest absolute Gasteiger partial charge is 0.371 e. The van der Waals surface area contributed by atoms with Crippen LogP contribution in [0, 0.1) is 22.7 Å². The number of aliphatic hydroxyl groups is 1. The Labute approximate surface area is 106 Å². The summed E-state index contributed by atoms with van der Waals surface area (Å²) in [4.78, 5) is 0. The summed E-state index contributed by atoms with van der Waals surface area (Å²) in [5.41, 5.74) is 0.931. The van der Waals surface area contributed by atoms with Crippen molar-refractivity contribution < 1.29 is 9.84 Å². The molecule has 0 saturated heterocycles. The third-order valence-electron chi connectivity index (χ3n) is 5.66. The summed E-state index contributed by atoms with van der Waals surface area (Å²) in [5, 5.41) is 8.86. The van der Waals surface area contributed by atoms with Crippen molar-refractivity contribution in [3.63, 3.8) is 0 Å². The number of ether oxygens (including phenoxy) is 1. The van der Waals surface area contributed by atoms with Gasteiger partial charge in [-0.2, -0.15) is 0 Å². The predicted octanol–water partition coefficient (Wildman–Crippen LogP) is 3.59. The van der Waals surface area contributed by atoms with Gasteiger partial charge in [-0.25, -0.2) is 0 Å². The molecule has 0 unspecified atom stereocenters. The molecule has 2 nitrogen and oxygen atoms in total. The van der Waals surface area contributed by atoms with Crippen molar-refractivity contribution in [3.8, 4) is 0 Å². The molecule has 0 aromatic carbocycles. The average molecular weight is 240 g/mol. The Hall–Kier alpha value is -0.0800. The van der Waals surface area contributed by atoms with E-state index in [2.05, 4.69) is 20.8 Å². The minimum atomic E-state index is -0.124. The molecule has 3 atom stereocenters. The topological polar surface area (TPSA) is 29.5 Å². The van der Waals surface area contributed by atoms with Gasteiger partial charge in [-0.05, 0) is 48.3 Å². The van der Waals surface area contributed by atoms with Crippen LogP contribution in [0.4, 0.5) is 0 Å². The summed E-state index contributed by atoms with van der Waals surface area (Å²) in [5.74, 6) is 1.48. The molecular formula is C15H28O2. The highest BCUT2D eigenvalue weighted by Gasteiger charge is 2.51. The van der Waals surface area contributed by atoms with E-state index in [1.165, 1.54) is 38.5 Å². The molecule has 2 heteroatoms. The predicted molar refractivity (Wildman–Crippen MR) is 69.6 cm³/mol. The Balaban J connectivity index is 2.15. The number of hydrogen-bond donors (Lipinski definition) is 1. The maximum atomic E-state index is 8.86. The summed E-state index contributed by atoms with van der Waals surface area (Å²) in [6, 6.07) is 0. The zero-order valence-corrected chi connectivity index (χ0v) is 11.7. The maximum Gasteiger partial charge on any atom is 0.143 e. The summed E-state index contributed by atoms with van der Waals surface area (Å²) in [7, 11) is 0. The molecule has 17 heavy (non-hydrogen) atoms. The van der Waals surface area contributed by atoms with E-state index in [0.717, 1.165) is 12.5 Å². The minimum Gasteiger partial charge on any atom is -0.371 e. The average Bonchev–Trinajstić information content (AvgIpc) is 2.26. The maximum absolute atomic E-state index is 8.86. The van der Waals surface area contributed by atoms with E-state index in [1.807, 2.05) is 0 Å². The standard InChI is InChI=1S/C15H28O2/c1-14(2)8-5-9-15(3)12(10-17-11-16)6-4-7-13(14)15/h12-13,16H,4-11H2,1-3H3/t12-,13+,15-/m1/s1. The van der Waals surface area contributed by atoms with Crippen molar-refractivity contribution in [3.05, 3.63) is 0 Å². The van der Waals surface area contributed by atoms with Gasteiger partial charge in [0, 0.05) is 0 Å². The van der Waals surface area contributed by atoms with Crippen molar-refractivity contribution in [2.75, 3.05) is 13.4 Å². The summed E-state index contributed by atoms with van der Waals surface area (Å²) < 4.78 is 5.31. The van der Waals surface area contributed by atoms with Crippen molar-refractivity contribution >= 4 is 0 Å². The van der Waals surface area contributed by atoms with E-state index in [1.54, 1.807) is 0 Å². The number of hydrogen-bond acceptors (Lipinski definition) is 2. The second kappa shape index (κ2) is 4.89. The summed E-state index contributed by atoms with van der Waals surface area (Å²) in [6.45, 7) is 8.00. The van der Waals surface area contributed by atoms with Gasteiger partial charge in [-0.15, -0.1) is 0 Å².